The number of rotatable bonds is 3. The minimum Gasteiger partial charge on any atom is -0.458 e. The predicted octanol–water partition coefficient (Wildman–Crippen LogP) is 5.99. The van der Waals surface area contributed by atoms with E-state index in [0.29, 0.717) is 17.2 Å². The lowest BCUT2D eigenvalue weighted by Crippen LogP contribution is -2.39. The third kappa shape index (κ3) is 3.27. The molecule has 5 rings (SSSR count). The first kappa shape index (κ1) is 19.4. The number of nitrogens with zero attached hydrogens (tertiary/aromatic N) is 1. The molecule has 0 radical (unpaired) electrons. The molecule has 4 aromatic carbocycles. The quantitative estimate of drug-likeness (QED) is 0.403. The minimum absolute atomic E-state index is 0.230. The summed E-state index contributed by atoms with van der Waals surface area (Å²) in [5, 5.41) is 2.11. The fraction of sp³-hybridized carbons (Fsp3) is 0.0769. The fourth-order valence-corrected chi connectivity index (χ4v) is 5.62. The van der Waals surface area contributed by atoms with Crippen molar-refractivity contribution in [2.45, 2.75) is 17.9 Å². The van der Waals surface area contributed by atoms with Crippen molar-refractivity contribution in [3.05, 3.63) is 114 Å². The summed E-state index contributed by atoms with van der Waals surface area (Å²) in [6, 6.07) is 27.3. The molecule has 0 amide bonds. The Kier molecular flexibility index (Phi) is 4.56. The maximum Gasteiger partial charge on any atom is 0.265 e. The van der Waals surface area contributed by atoms with Crippen LogP contribution in [0.1, 0.15) is 17.2 Å². The largest absolute Gasteiger partial charge is 0.458 e. The minimum atomic E-state index is -3.88. The van der Waals surface area contributed by atoms with E-state index in [0.717, 1.165) is 21.9 Å². The maximum absolute atomic E-state index is 13.9. The highest BCUT2D eigenvalue weighted by molar-refractivity contribution is 7.92. The predicted molar refractivity (Wildman–Crippen MR) is 124 cm³/mol. The molecule has 0 bridgehead atoms. The van der Waals surface area contributed by atoms with Crippen LogP contribution in [-0.4, -0.2) is 8.42 Å². The second kappa shape index (κ2) is 7.29. The lowest BCUT2D eigenvalue weighted by atomic mass is 9.99. The molecule has 1 aliphatic rings. The Morgan fingerprint density at radius 1 is 0.839 bits per heavy atom. The van der Waals surface area contributed by atoms with E-state index in [1.807, 2.05) is 61.5 Å². The van der Waals surface area contributed by atoms with Crippen LogP contribution in [-0.2, 0) is 10.0 Å². The summed E-state index contributed by atoms with van der Waals surface area (Å²) in [6.45, 7) is 6.02. The van der Waals surface area contributed by atoms with Gasteiger partial charge in [-0.2, -0.15) is 0 Å². The van der Waals surface area contributed by atoms with E-state index in [4.69, 9.17) is 4.74 Å². The van der Waals surface area contributed by atoms with Crippen LogP contribution in [0.15, 0.2) is 108 Å². The first-order valence-corrected chi connectivity index (χ1v) is 11.4. The zero-order valence-electron chi connectivity index (χ0n) is 17.0. The van der Waals surface area contributed by atoms with E-state index < -0.39 is 16.1 Å². The van der Waals surface area contributed by atoms with E-state index in [-0.39, 0.29) is 4.90 Å². The van der Waals surface area contributed by atoms with E-state index in [1.54, 1.807) is 36.4 Å². The molecule has 1 aliphatic heterocycles. The van der Waals surface area contributed by atoms with Crippen molar-refractivity contribution in [3.8, 4) is 5.75 Å². The smallest absolute Gasteiger partial charge is 0.265 e. The monoisotopic (exact) mass is 427 g/mol. The summed E-state index contributed by atoms with van der Waals surface area (Å²) >= 11 is 0. The van der Waals surface area contributed by atoms with Crippen molar-refractivity contribution in [3.63, 3.8) is 0 Å². The SMILES string of the molecule is C=C1Oc2ccccc2N(S(=O)(=O)c2ccc(C)cc2)C1c1ccc2ccccc2c1. The molecular weight excluding hydrogens is 406 g/mol. The highest BCUT2D eigenvalue weighted by atomic mass is 32.2. The van der Waals surface area contributed by atoms with Crippen molar-refractivity contribution >= 4 is 26.5 Å². The fourth-order valence-electron chi connectivity index (χ4n) is 3.98. The Morgan fingerprint density at radius 3 is 2.29 bits per heavy atom. The van der Waals surface area contributed by atoms with Gasteiger partial charge in [-0.15, -0.1) is 0 Å². The highest BCUT2D eigenvalue weighted by Gasteiger charge is 2.40. The van der Waals surface area contributed by atoms with Crippen LogP contribution in [0.3, 0.4) is 0 Å². The number of anilines is 1. The van der Waals surface area contributed by atoms with Crippen molar-refractivity contribution in [2.24, 2.45) is 0 Å². The van der Waals surface area contributed by atoms with Crippen LogP contribution in [0.5, 0.6) is 5.75 Å². The molecule has 0 aliphatic carbocycles. The lowest BCUT2D eigenvalue weighted by molar-refractivity contribution is 0.370. The number of sulfonamides is 1. The van der Waals surface area contributed by atoms with Crippen molar-refractivity contribution in [1.29, 1.82) is 0 Å². The topological polar surface area (TPSA) is 46.6 Å². The second-order valence-electron chi connectivity index (χ2n) is 7.66. The summed E-state index contributed by atoms with van der Waals surface area (Å²) in [6.07, 6.45) is 0. The molecule has 4 nitrogen and oxygen atoms in total. The van der Waals surface area contributed by atoms with Gasteiger partial charge in [0.05, 0.1) is 10.6 Å². The van der Waals surface area contributed by atoms with E-state index in [9.17, 15) is 8.42 Å². The van der Waals surface area contributed by atoms with Crippen LogP contribution in [0.25, 0.3) is 10.8 Å². The molecule has 4 aromatic rings. The Balaban J connectivity index is 1.73. The van der Waals surface area contributed by atoms with Crippen molar-refractivity contribution in [1.82, 2.24) is 0 Å². The molecule has 0 spiro atoms. The number of hydrogen-bond donors (Lipinski definition) is 0. The molecule has 31 heavy (non-hydrogen) atoms. The molecule has 0 fully saturated rings. The zero-order chi connectivity index (χ0) is 21.6. The number of aryl methyl sites for hydroxylation is 1. The Labute approximate surface area is 182 Å². The summed E-state index contributed by atoms with van der Waals surface area (Å²) in [5.41, 5.74) is 2.29. The van der Waals surface area contributed by atoms with Gasteiger partial charge in [0.1, 0.15) is 11.8 Å². The normalized spacial score (nSPS) is 16.1. The molecule has 0 saturated carbocycles. The molecule has 0 saturated heterocycles. The summed E-state index contributed by atoms with van der Waals surface area (Å²) in [7, 11) is -3.88. The lowest BCUT2D eigenvalue weighted by Gasteiger charge is -2.38. The average Bonchev–Trinajstić information content (AvgIpc) is 2.78. The van der Waals surface area contributed by atoms with Crippen LogP contribution >= 0.6 is 0 Å². The van der Waals surface area contributed by atoms with Gasteiger partial charge < -0.3 is 4.74 Å². The third-order valence-electron chi connectivity index (χ3n) is 5.55. The van der Waals surface area contributed by atoms with Gasteiger partial charge in [-0.25, -0.2) is 12.7 Å². The van der Waals surface area contributed by atoms with Crippen molar-refractivity contribution < 1.29 is 13.2 Å². The number of ether oxygens (including phenoxy) is 1. The molecule has 0 aromatic heterocycles. The van der Waals surface area contributed by atoms with Crippen LogP contribution in [0, 0.1) is 6.92 Å². The molecule has 0 N–H and O–H groups in total. The van der Waals surface area contributed by atoms with Gasteiger partial charge in [0.2, 0.25) is 0 Å². The third-order valence-corrected chi connectivity index (χ3v) is 7.34. The van der Waals surface area contributed by atoms with Gasteiger partial charge in [-0.05, 0) is 53.6 Å². The molecule has 1 heterocycles. The zero-order valence-corrected chi connectivity index (χ0v) is 17.8. The van der Waals surface area contributed by atoms with Crippen LogP contribution in [0.2, 0.25) is 0 Å². The van der Waals surface area contributed by atoms with Gasteiger partial charge >= 0.3 is 0 Å². The standard InChI is InChI=1S/C26H21NO3S/c1-18-11-15-23(16-12-18)31(28,29)27-24-9-5-6-10-25(24)30-19(2)26(27)22-14-13-20-7-3-4-8-21(20)17-22/h3-17,26H,2H2,1H3. The van der Waals surface area contributed by atoms with Gasteiger partial charge in [0.15, 0.2) is 5.75 Å². The van der Waals surface area contributed by atoms with Crippen LogP contribution < -0.4 is 9.04 Å². The van der Waals surface area contributed by atoms with Crippen LogP contribution in [0.4, 0.5) is 5.69 Å². The van der Waals surface area contributed by atoms with Gasteiger partial charge in [-0.3, -0.25) is 0 Å². The highest BCUT2D eigenvalue weighted by Crippen LogP contribution is 2.46. The number of para-hydroxylation sites is 2. The molecule has 154 valence electrons. The molecule has 1 atom stereocenters. The molecule has 5 heteroatoms. The Bertz CT molecular complexity index is 1410. The number of benzene rings is 4. The first-order chi connectivity index (χ1) is 14.9. The van der Waals surface area contributed by atoms with Gasteiger partial charge in [0, 0.05) is 0 Å². The Morgan fingerprint density at radius 2 is 1.52 bits per heavy atom. The summed E-state index contributed by atoms with van der Waals surface area (Å²) in [4.78, 5) is 0.230. The Hall–Kier alpha value is -3.57. The average molecular weight is 428 g/mol. The van der Waals surface area contributed by atoms with Gasteiger partial charge in [-0.1, -0.05) is 72.8 Å². The molecule has 1 unspecified atom stereocenters. The van der Waals surface area contributed by atoms with E-state index >= 15 is 0 Å². The number of hydrogen-bond acceptors (Lipinski definition) is 3. The second-order valence-corrected chi connectivity index (χ2v) is 9.47. The van der Waals surface area contributed by atoms with Gasteiger partial charge in [0.25, 0.3) is 10.0 Å². The van der Waals surface area contributed by atoms with E-state index in [1.165, 1.54) is 4.31 Å². The number of fused-ring (bicyclic) bond motifs is 2. The maximum atomic E-state index is 13.9. The molecular formula is C26H21NO3S. The van der Waals surface area contributed by atoms with Crippen molar-refractivity contribution in [2.75, 3.05) is 4.31 Å². The van der Waals surface area contributed by atoms with E-state index in [2.05, 4.69) is 6.58 Å². The first-order valence-electron chi connectivity index (χ1n) is 10.0. The summed E-state index contributed by atoms with van der Waals surface area (Å²) < 4.78 is 35.2. The summed E-state index contributed by atoms with van der Waals surface area (Å²) in [5.74, 6) is 0.838.